The maximum absolute atomic E-state index is 13.3. The lowest BCUT2D eigenvalue weighted by Gasteiger charge is -2.29. The molecular formula is C23H24N2O3. The van der Waals surface area contributed by atoms with Gasteiger partial charge in [-0.1, -0.05) is 42.5 Å². The average Bonchev–Trinajstić information content (AvgIpc) is 3.00. The fourth-order valence-corrected chi connectivity index (χ4v) is 3.90. The van der Waals surface area contributed by atoms with Crippen LogP contribution in [0.3, 0.4) is 0 Å². The zero-order chi connectivity index (χ0) is 19.5. The molecule has 0 unspecified atom stereocenters. The van der Waals surface area contributed by atoms with Gasteiger partial charge in [-0.05, 0) is 42.5 Å². The van der Waals surface area contributed by atoms with Gasteiger partial charge in [0, 0.05) is 13.1 Å². The van der Waals surface area contributed by atoms with Gasteiger partial charge in [0.1, 0.15) is 11.4 Å². The summed E-state index contributed by atoms with van der Waals surface area (Å²) in [5, 5.41) is 0. The van der Waals surface area contributed by atoms with E-state index in [2.05, 4.69) is 4.90 Å². The van der Waals surface area contributed by atoms with Crippen LogP contribution in [0.2, 0.25) is 0 Å². The number of nitrogens with zero attached hydrogens (tertiary/aromatic N) is 2. The van der Waals surface area contributed by atoms with E-state index >= 15 is 0 Å². The third kappa shape index (κ3) is 3.40. The molecule has 0 aliphatic carbocycles. The van der Waals surface area contributed by atoms with Gasteiger partial charge in [-0.3, -0.25) is 14.5 Å². The lowest BCUT2D eigenvalue weighted by atomic mass is 10.0. The van der Waals surface area contributed by atoms with Crippen LogP contribution in [-0.4, -0.2) is 41.8 Å². The van der Waals surface area contributed by atoms with Crippen molar-refractivity contribution in [2.45, 2.75) is 25.8 Å². The molecule has 4 rings (SSSR count). The molecule has 0 aromatic heterocycles. The quantitative estimate of drug-likeness (QED) is 0.750. The van der Waals surface area contributed by atoms with Gasteiger partial charge >= 0.3 is 0 Å². The summed E-state index contributed by atoms with van der Waals surface area (Å²) in [6.07, 6.45) is 3.25. The fourth-order valence-electron chi connectivity index (χ4n) is 3.90. The van der Waals surface area contributed by atoms with Crippen molar-refractivity contribution in [3.05, 3.63) is 71.4 Å². The summed E-state index contributed by atoms with van der Waals surface area (Å²) in [6, 6.07) is 17.0. The number of methoxy groups -OCH3 is 1. The lowest BCUT2D eigenvalue weighted by molar-refractivity contribution is -0.138. The number of benzene rings is 2. The summed E-state index contributed by atoms with van der Waals surface area (Å²) in [7, 11) is 1.61. The number of imide groups is 1. The van der Waals surface area contributed by atoms with Crippen LogP contribution in [0.5, 0.6) is 5.75 Å². The molecule has 0 radical (unpaired) electrons. The maximum atomic E-state index is 13.3. The topological polar surface area (TPSA) is 49.9 Å². The van der Waals surface area contributed by atoms with Gasteiger partial charge in [0.05, 0.1) is 19.2 Å². The first kappa shape index (κ1) is 18.3. The van der Waals surface area contributed by atoms with Crippen LogP contribution in [0.25, 0.3) is 5.57 Å². The summed E-state index contributed by atoms with van der Waals surface area (Å²) in [4.78, 5) is 30.1. The molecule has 0 N–H and O–H groups in total. The van der Waals surface area contributed by atoms with Crippen LogP contribution < -0.4 is 4.74 Å². The Kier molecular flexibility index (Phi) is 5.15. The van der Waals surface area contributed by atoms with Crippen LogP contribution in [0, 0.1) is 0 Å². The van der Waals surface area contributed by atoms with Gasteiger partial charge in [-0.25, -0.2) is 0 Å². The Morgan fingerprint density at radius 3 is 2.18 bits per heavy atom. The number of ether oxygens (including phenoxy) is 1. The molecule has 0 atom stereocenters. The number of carbonyl (C=O) groups excluding carboxylic acids is 2. The minimum absolute atomic E-state index is 0.193. The molecule has 144 valence electrons. The molecule has 0 bridgehead atoms. The molecular weight excluding hydrogens is 352 g/mol. The minimum atomic E-state index is -0.223. The Hall–Kier alpha value is -3.08. The van der Waals surface area contributed by atoms with Crippen molar-refractivity contribution in [1.82, 2.24) is 9.80 Å². The van der Waals surface area contributed by atoms with Crippen molar-refractivity contribution in [2.24, 2.45) is 0 Å². The van der Waals surface area contributed by atoms with E-state index in [0.717, 1.165) is 49.2 Å². The molecule has 2 aliphatic rings. The molecule has 2 heterocycles. The van der Waals surface area contributed by atoms with Gasteiger partial charge in [0.15, 0.2) is 0 Å². The number of likely N-dealkylation sites (tertiary alicyclic amines) is 1. The fraction of sp³-hybridized carbons (Fsp3) is 0.304. The first-order valence-electron chi connectivity index (χ1n) is 9.73. The van der Waals surface area contributed by atoms with Crippen molar-refractivity contribution in [2.75, 3.05) is 20.2 Å². The average molecular weight is 376 g/mol. The number of rotatable bonds is 5. The van der Waals surface area contributed by atoms with E-state index in [1.54, 1.807) is 7.11 Å². The second-order valence-electron chi connectivity index (χ2n) is 7.18. The van der Waals surface area contributed by atoms with Crippen LogP contribution >= 0.6 is 0 Å². The normalized spacial score (nSPS) is 17.5. The van der Waals surface area contributed by atoms with E-state index in [0.29, 0.717) is 11.3 Å². The van der Waals surface area contributed by atoms with E-state index in [1.807, 2.05) is 54.6 Å². The molecule has 2 amide bonds. The smallest absolute Gasteiger partial charge is 0.278 e. The van der Waals surface area contributed by atoms with E-state index in [-0.39, 0.29) is 18.4 Å². The summed E-state index contributed by atoms with van der Waals surface area (Å²) in [6.45, 7) is 1.91. The lowest BCUT2D eigenvalue weighted by Crippen LogP contribution is -2.36. The molecule has 2 aliphatic heterocycles. The largest absolute Gasteiger partial charge is 0.497 e. The summed E-state index contributed by atoms with van der Waals surface area (Å²) in [5.74, 6) is 0.308. The second kappa shape index (κ2) is 7.89. The van der Waals surface area contributed by atoms with Gasteiger partial charge in [0.2, 0.25) is 0 Å². The molecule has 0 spiro atoms. The van der Waals surface area contributed by atoms with Crippen LogP contribution in [0.4, 0.5) is 0 Å². The Balaban J connectivity index is 1.73. The first-order valence-corrected chi connectivity index (χ1v) is 9.73. The first-order chi connectivity index (χ1) is 13.7. The third-order valence-corrected chi connectivity index (χ3v) is 5.38. The van der Waals surface area contributed by atoms with E-state index in [9.17, 15) is 9.59 Å². The molecule has 1 fully saturated rings. The molecule has 28 heavy (non-hydrogen) atoms. The zero-order valence-electron chi connectivity index (χ0n) is 16.1. The van der Waals surface area contributed by atoms with Gasteiger partial charge < -0.3 is 9.64 Å². The molecule has 0 saturated carbocycles. The summed E-state index contributed by atoms with van der Waals surface area (Å²) < 4.78 is 5.23. The monoisotopic (exact) mass is 376 g/mol. The third-order valence-electron chi connectivity index (χ3n) is 5.38. The number of hydrogen-bond donors (Lipinski definition) is 0. The molecule has 1 saturated heterocycles. The van der Waals surface area contributed by atoms with Gasteiger partial charge in [0.25, 0.3) is 11.8 Å². The van der Waals surface area contributed by atoms with E-state index < -0.39 is 0 Å². The van der Waals surface area contributed by atoms with Gasteiger partial charge in [-0.2, -0.15) is 0 Å². The highest BCUT2D eigenvalue weighted by Crippen LogP contribution is 2.34. The second-order valence-corrected chi connectivity index (χ2v) is 7.18. The zero-order valence-corrected chi connectivity index (χ0v) is 16.1. The number of amides is 2. The highest BCUT2D eigenvalue weighted by atomic mass is 16.5. The van der Waals surface area contributed by atoms with Crippen molar-refractivity contribution in [1.29, 1.82) is 0 Å². The van der Waals surface area contributed by atoms with Crippen LogP contribution in [0.1, 0.15) is 30.4 Å². The maximum Gasteiger partial charge on any atom is 0.278 e. The van der Waals surface area contributed by atoms with Crippen molar-refractivity contribution < 1.29 is 14.3 Å². The molecule has 5 nitrogen and oxygen atoms in total. The Labute approximate surface area is 165 Å². The van der Waals surface area contributed by atoms with Crippen molar-refractivity contribution in [3.8, 4) is 5.75 Å². The van der Waals surface area contributed by atoms with Crippen LogP contribution in [-0.2, 0) is 16.1 Å². The Morgan fingerprint density at radius 1 is 0.857 bits per heavy atom. The standard InChI is InChI=1S/C23H24N2O3/c1-28-19-12-10-18(11-13-19)20-21(24-14-6-3-7-15-24)23(27)25(22(20)26)16-17-8-4-2-5-9-17/h2,4-5,8-13H,3,6-7,14-16H2,1H3. The molecule has 5 heteroatoms. The molecule has 2 aromatic carbocycles. The summed E-state index contributed by atoms with van der Waals surface area (Å²) >= 11 is 0. The van der Waals surface area contributed by atoms with E-state index in [4.69, 9.17) is 4.74 Å². The highest BCUT2D eigenvalue weighted by Gasteiger charge is 2.41. The number of piperidine rings is 1. The van der Waals surface area contributed by atoms with Crippen molar-refractivity contribution >= 4 is 17.4 Å². The highest BCUT2D eigenvalue weighted by molar-refractivity contribution is 6.35. The minimum Gasteiger partial charge on any atom is -0.497 e. The van der Waals surface area contributed by atoms with E-state index in [1.165, 1.54) is 4.90 Å². The van der Waals surface area contributed by atoms with Gasteiger partial charge in [-0.15, -0.1) is 0 Å². The van der Waals surface area contributed by atoms with Crippen molar-refractivity contribution in [3.63, 3.8) is 0 Å². The van der Waals surface area contributed by atoms with Crippen LogP contribution in [0.15, 0.2) is 60.3 Å². The summed E-state index contributed by atoms with van der Waals surface area (Å²) in [5.41, 5.74) is 2.75. The Morgan fingerprint density at radius 2 is 1.54 bits per heavy atom. The number of hydrogen-bond acceptors (Lipinski definition) is 4. The SMILES string of the molecule is COc1ccc(C2=C(N3CCCCC3)C(=O)N(Cc3ccccc3)C2=O)cc1. The Bertz CT molecular complexity index is 897. The predicted molar refractivity (Wildman–Crippen MR) is 107 cm³/mol. The number of carbonyl (C=O) groups is 2. The predicted octanol–water partition coefficient (Wildman–Crippen LogP) is 3.46. The molecule has 2 aromatic rings.